The van der Waals surface area contributed by atoms with Crippen LogP contribution in [0, 0.1) is 5.92 Å². The third-order valence-corrected chi connectivity index (χ3v) is 3.74. The van der Waals surface area contributed by atoms with Crippen molar-refractivity contribution in [2.24, 2.45) is 5.92 Å². The summed E-state index contributed by atoms with van der Waals surface area (Å²) in [6, 6.07) is 7.50. The van der Waals surface area contributed by atoms with E-state index >= 15 is 0 Å². The monoisotopic (exact) mass is 314 g/mol. The first-order chi connectivity index (χ1) is 11.3. The molecular formula is C17H22N4O2. The number of para-hydroxylation sites is 2. The largest absolute Gasteiger partial charge is 0.490 e. The van der Waals surface area contributed by atoms with Gasteiger partial charge in [-0.05, 0) is 37.4 Å². The molecule has 2 aromatic rings. The maximum absolute atomic E-state index is 12.0. The molecule has 1 aromatic heterocycles. The summed E-state index contributed by atoms with van der Waals surface area (Å²) in [4.78, 5) is 16.0. The first-order valence-electron chi connectivity index (χ1n) is 7.99. The molecule has 0 radical (unpaired) electrons. The molecule has 1 aliphatic rings. The normalized spacial score (nSPS) is 13.7. The van der Waals surface area contributed by atoms with Crippen molar-refractivity contribution >= 4 is 11.6 Å². The van der Waals surface area contributed by atoms with E-state index in [1.165, 1.54) is 12.8 Å². The summed E-state index contributed by atoms with van der Waals surface area (Å²) in [7, 11) is 0. The van der Waals surface area contributed by atoms with E-state index in [1.54, 1.807) is 12.5 Å². The molecule has 6 heteroatoms. The molecule has 6 nitrogen and oxygen atoms in total. The Kier molecular flexibility index (Phi) is 5.26. The van der Waals surface area contributed by atoms with Gasteiger partial charge in [0.15, 0.2) is 0 Å². The number of ether oxygens (including phenoxy) is 1. The lowest BCUT2D eigenvalue weighted by Crippen LogP contribution is -2.29. The zero-order valence-corrected chi connectivity index (χ0v) is 13.1. The van der Waals surface area contributed by atoms with Crippen LogP contribution >= 0.6 is 0 Å². The minimum atomic E-state index is -0.0451. The summed E-state index contributed by atoms with van der Waals surface area (Å²) in [6.45, 7) is 2.49. The van der Waals surface area contributed by atoms with Crippen LogP contribution in [0.4, 0.5) is 5.69 Å². The molecule has 0 unspecified atom stereocenters. The first kappa shape index (κ1) is 15.6. The molecule has 1 saturated carbocycles. The molecule has 1 amide bonds. The standard InChI is InChI=1S/C17H22N4O2/c22-17(12-19-11-14-5-6-14)20-15-3-1-2-4-16(15)23-10-9-21-8-7-18-13-21/h1-4,7-8,13-14,19H,5-6,9-12H2,(H,20,22). The quantitative estimate of drug-likeness (QED) is 0.742. The molecule has 23 heavy (non-hydrogen) atoms. The average Bonchev–Trinajstić information content (AvgIpc) is 3.22. The van der Waals surface area contributed by atoms with E-state index in [2.05, 4.69) is 15.6 Å². The van der Waals surface area contributed by atoms with Crippen LogP contribution in [-0.2, 0) is 11.3 Å². The zero-order valence-electron chi connectivity index (χ0n) is 13.1. The lowest BCUT2D eigenvalue weighted by atomic mass is 10.3. The van der Waals surface area contributed by atoms with Crippen molar-refractivity contribution in [2.45, 2.75) is 19.4 Å². The van der Waals surface area contributed by atoms with Gasteiger partial charge < -0.3 is 19.9 Å². The number of hydrogen-bond acceptors (Lipinski definition) is 4. The molecule has 2 N–H and O–H groups in total. The number of nitrogens with zero attached hydrogens (tertiary/aromatic N) is 2. The second kappa shape index (κ2) is 7.78. The van der Waals surface area contributed by atoms with Gasteiger partial charge in [-0.15, -0.1) is 0 Å². The van der Waals surface area contributed by atoms with E-state index in [0.29, 0.717) is 31.1 Å². The fraction of sp³-hybridized carbons (Fsp3) is 0.412. The number of benzene rings is 1. The van der Waals surface area contributed by atoms with E-state index in [9.17, 15) is 4.79 Å². The molecule has 0 spiro atoms. The highest BCUT2D eigenvalue weighted by molar-refractivity contribution is 5.93. The molecule has 1 heterocycles. The Morgan fingerprint density at radius 1 is 1.35 bits per heavy atom. The Bertz CT molecular complexity index is 623. The maximum atomic E-state index is 12.0. The van der Waals surface area contributed by atoms with Crippen LogP contribution in [0.3, 0.4) is 0 Å². The van der Waals surface area contributed by atoms with Gasteiger partial charge in [0.1, 0.15) is 12.4 Å². The minimum Gasteiger partial charge on any atom is -0.490 e. The van der Waals surface area contributed by atoms with Gasteiger partial charge in [-0.25, -0.2) is 4.98 Å². The molecule has 0 aliphatic heterocycles. The van der Waals surface area contributed by atoms with Gasteiger partial charge in [0.05, 0.1) is 25.1 Å². The van der Waals surface area contributed by atoms with Gasteiger partial charge in [0, 0.05) is 12.4 Å². The van der Waals surface area contributed by atoms with Crippen LogP contribution in [-0.4, -0.2) is 35.2 Å². The topological polar surface area (TPSA) is 68.2 Å². The Hall–Kier alpha value is -2.34. The van der Waals surface area contributed by atoms with E-state index in [-0.39, 0.29) is 5.91 Å². The molecule has 1 aromatic carbocycles. The summed E-state index contributed by atoms with van der Waals surface area (Å²) in [5.74, 6) is 1.40. The summed E-state index contributed by atoms with van der Waals surface area (Å²) in [6.07, 6.45) is 7.94. The third-order valence-electron chi connectivity index (χ3n) is 3.74. The highest BCUT2D eigenvalue weighted by Gasteiger charge is 2.20. The van der Waals surface area contributed by atoms with Gasteiger partial charge in [0.25, 0.3) is 0 Å². The molecule has 0 bridgehead atoms. The number of carbonyl (C=O) groups is 1. The number of imidazole rings is 1. The third kappa shape index (κ3) is 5.10. The van der Waals surface area contributed by atoms with E-state index < -0.39 is 0 Å². The maximum Gasteiger partial charge on any atom is 0.238 e. The predicted octanol–water partition coefficient (Wildman–Crippen LogP) is 1.90. The van der Waals surface area contributed by atoms with Crippen molar-refractivity contribution in [3.63, 3.8) is 0 Å². The number of anilines is 1. The van der Waals surface area contributed by atoms with Crippen molar-refractivity contribution in [3.8, 4) is 5.75 Å². The Morgan fingerprint density at radius 2 is 2.22 bits per heavy atom. The molecule has 0 atom stereocenters. The van der Waals surface area contributed by atoms with Crippen molar-refractivity contribution in [1.82, 2.24) is 14.9 Å². The molecule has 122 valence electrons. The van der Waals surface area contributed by atoms with Crippen LogP contribution in [0.15, 0.2) is 43.0 Å². The van der Waals surface area contributed by atoms with Crippen molar-refractivity contribution < 1.29 is 9.53 Å². The summed E-state index contributed by atoms with van der Waals surface area (Å²) >= 11 is 0. The number of nitrogens with one attached hydrogen (secondary N) is 2. The van der Waals surface area contributed by atoms with E-state index in [4.69, 9.17) is 4.74 Å². The Labute approximate surface area is 135 Å². The van der Waals surface area contributed by atoms with Crippen molar-refractivity contribution in [3.05, 3.63) is 43.0 Å². The van der Waals surface area contributed by atoms with Crippen LogP contribution in [0.5, 0.6) is 5.75 Å². The number of rotatable bonds is 9. The van der Waals surface area contributed by atoms with E-state index in [0.717, 1.165) is 12.5 Å². The fourth-order valence-corrected chi connectivity index (χ4v) is 2.28. The zero-order chi connectivity index (χ0) is 15.9. The Morgan fingerprint density at radius 3 is 3.00 bits per heavy atom. The van der Waals surface area contributed by atoms with Gasteiger partial charge in [0.2, 0.25) is 5.91 Å². The summed E-state index contributed by atoms with van der Waals surface area (Å²) in [5, 5.41) is 6.09. The predicted molar refractivity (Wildman–Crippen MR) is 88.4 cm³/mol. The van der Waals surface area contributed by atoms with E-state index in [1.807, 2.05) is 35.0 Å². The first-order valence-corrected chi connectivity index (χ1v) is 7.99. The van der Waals surface area contributed by atoms with Crippen LogP contribution < -0.4 is 15.4 Å². The minimum absolute atomic E-state index is 0.0451. The number of aromatic nitrogens is 2. The van der Waals surface area contributed by atoms with Gasteiger partial charge in [-0.3, -0.25) is 4.79 Å². The van der Waals surface area contributed by atoms with Crippen LogP contribution in [0.25, 0.3) is 0 Å². The van der Waals surface area contributed by atoms with Gasteiger partial charge in [-0.1, -0.05) is 12.1 Å². The lowest BCUT2D eigenvalue weighted by molar-refractivity contribution is -0.115. The number of hydrogen-bond donors (Lipinski definition) is 2. The number of carbonyl (C=O) groups excluding carboxylic acids is 1. The van der Waals surface area contributed by atoms with Gasteiger partial charge in [-0.2, -0.15) is 0 Å². The molecule has 0 saturated heterocycles. The van der Waals surface area contributed by atoms with Crippen LogP contribution in [0.1, 0.15) is 12.8 Å². The fourth-order valence-electron chi connectivity index (χ4n) is 2.28. The highest BCUT2D eigenvalue weighted by atomic mass is 16.5. The average molecular weight is 314 g/mol. The molecule has 3 rings (SSSR count). The molecule has 1 fully saturated rings. The number of amides is 1. The molecule has 1 aliphatic carbocycles. The summed E-state index contributed by atoms with van der Waals surface area (Å²) < 4.78 is 7.73. The smallest absolute Gasteiger partial charge is 0.238 e. The summed E-state index contributed by atoms with van der Waals surface area (Å²) in [5.41, 5.74) is 0.705. The second-order valence-corrected chi connectivity index (χ2v) is 5.77. The van der Waals surface area contributed by atoms with Gasteiger partial charge >= 0.3 is 0 Å². The second-order valence-electron chi connectivity index (χ2n) is 5.77. The van der Waals surface area contributed by atoms with Crippen molar-refractivity contribution in [2.75, 3.05) is 25.0 Å². The molecular weight excluding hydrogens is 292 g/mol. The Balaban J connectivity index is 1.46. The SMILES string of the molecule is O=C(CNCC1CC1)Nc1ccccc1OCCn1ccnc1. The lowest BCUT2D eigenvalue weighted by Gasteiger charge is -2.13. The van der Waals surface area contributed by atoms with Crippen molar-refractivity contribution in [1.29, 1.82) is 0 Å². The highest BCUT2D eigenvalue weighted by Crippen LogP contribution is 2.27. The van der Waals surface area contributed by atoms with Crippen LogP contribution in [0.2, 0.25) is 0 Å².